The van der Waals surface area contributed by atoms with Gasteiger partial charge in [-0.25, -0.2) is 0 Å². The molecule has 0 saturated carbocycles. The number of methoxy groups -OCH3 is 1. The zero-order valence-electron chi connectivity index (χ0n) is 16.0. The second-order valence-electron chi connectivity index (χ2n) is 6.67. The highest BCUT2D eigenvalue weighted by Gasteiger charge is 2.34. The molecule has 1 heterocycles. The van der Waals surface area contributed by atoms with E-state index in [1.54, 1.807) is 23.1 Å². The number of halogens is 1. The van der Waals surface area contributed by atoms with Gasteiger partial charge in [-0.3, -0.25) is 14.4 Å². The summed E-state index contributed by atoms with van der Waals surface area (Å²) >= 11 is 5.95. The lowest BCUT2D eigenvalue weighted by Gasteiger charge is -2.16. The van der Waals surface area contributed by atoms with E-state index in [2.05, 4.69) is 10.6 Å². The fourth-order valence-corrected chi connectivity index (χ4v) is 3.35. The number of hydrogen-bond donors (Lipinski definition) is 2. The van der Waals surface area contributed by atoms with E-state index >= 15 is 0 Å². The van der Waals surface area contributed by atoms with E-state index in [-0.39, 0.29) is 37.1 Å². The van der Waals surface area contributed by atoms with Crippen LogP contribution in [0.1, 0.15) is 12.8 Å². The maximum absolute atomic E-state index is 12.4. The van der Waals surface area contributed by atoms with Crippen molar-refractivity contribution in [2.45, 2.75) is 12.8 Å². The predicted octanol–water partition coefficient (Wildman–Crippen LogP) is 2.85. The Bertz CT molecular complexity index is 904. The molecule has 29 heavy (non-hydrogen) atoms. The lowest BCUT2D eigenvalue weighted by Crippen LogP contribution is -2.34. The van der Waals surface area contributed by atoms with Crippen LogP contribution in [0.2, 0.25) is 5.02 Å². The van der Waals surface area contributed by atoms with Gasteiger partial charge in [-0.15, -0.1) is 0 Å². The summed E-state index contributed by atoms with van der Waals surface area (Å²) < 4.78 is 5.19. The standard InChI is InChI=1S/C21H22ClN3O4/c1-29-18-8-7-15(22)12-17(18)24-19(26)9-10-23-21(28)14-11-20(27)25(13-14)16-5-3-2-4-6-16/h2-8,12,14H,9-11,13H2,1H3,(H,23,28)(H,24,26)/t14-/m0/s1. The zero-order valence-corrected chi connectivity index (χ0v) is 16.7. The van der Waals surface area contributed by atoms with Gasteiger partial charge >= 0.3 is 0 Å². The molecule has 3 amide bonds. The summed E-state index contributed by atoms with van der Waals surface area (Å²) in [4.78, 5) is 38.4. The Labute approximate surface area is 174 Å². The van der Waals surface area contributed by atoms with Crippen LogP contribution in [0.4, 0.5) is 11.4 Å². The van der Waals surface area contributed by atoms with Gasteiger partial charge in [-0.1, -0.05) is 29.8 Å². The van der Waals surface area contributed by atoms with Crippen molar-refractivity contribution in [3.63, 3.8) is 0 Å². The first kappa shape index (κ1) is 20.7. The van der Waals surface area contributed by atoms with Gasteiger partial charge in [0.15, 0.2) is 0 Å². The number of carbonyl (C=O) groups excluding carboxylic acids is 3. The molecule has 2 N–H and O–H groups in total. The summed E-state index contributed by atoms with van der Waals surface area (Å²) in [6, 6.07) is 14.2. The molecule has 0 radical (unpaired) electrons. The van der Waals surface area contributed by atoms with Crippen LogP contribution in [0.5, 0.6) is 5.75 Å². The third kappa shape index (κ3) is 5.26. The Balaban J connectivity index is 1.47. The summed E-state index contributed by atoms with van der Waals surface area (Å²) in [5, 5.41) is 5.93. The third-order valence-corrected chi connectivity index (χ3v) is 4.89. The minimum absolute atomic E-state index is 0.0813. The van der Waals surface area contributed by atoms with Crippen molar-refractivity contribution in [3.05, 3.63) is 53.6 Å². The molecule has 2 aromatic carbocycles. The number of nitrogens with one attached hydrogen (secondary N) is 2. The first-order valence-electron chi connectivity index (χ1n) is 9.24. The number of nitrogens with zero attached hydrogens (tertiary/aromatic N) is 1. The fourth-order valence-electron chi connectivity index (χ4n) is 3.17. The van der Waals surface area contributed by atoms with Gasteiger partial charge in [0.1, 0.15) is 5.75 Å². The van der Waals surface area contributed by atoms with Gasteiger partial charge in [0.2, 0.25) is 17.7 Å². The van der Waals surface area contributed by atoms with E-state index in [1.807, 2.05) is 30.3 Å². The molecule has 0 aromatic heterocycles. The number of rotatable bonds is 7. The van der Waals surface area contributed by atoms with Crippen LogP contribution in [0, 0.1) is 5.92 Å². The number of carbonyl (C=O) groups is 3. The first-order valence-corrected chi connectivity index (χ1v) is 9.62. The van der Waals surface area contributed by atoms with Gasteiger partial charge in [0, 0.05) is 36.6 Å². The van der Waals surface area contributed by atoms with Gasteiger partial charge in [0.25, 0.3) is 0 Å². The molecule has 8 heteroatoms. The quantitative estimate of drug-likeness (QED) is 0.727. The van der Waals surface area contributed by atoms with E-state index in [4.69, 9.17) is 16.3 Å². The molecule has 1 atom stereocenters. The summed E-state index contributed by atoms with van der Waals surface area (Å²) in [6.07, 6.45) is 0.247. The number of benzene rings is 2. The Kier molecular flexibility index (Phi) is 6.72. The fraction of sp³-hybridized carbons (Fsp3) is 0.286. The monoisotopic (exact) mass is 415 g/mol. The van der Waals surface area contributed by atoms with Crippen molar-refractivity contribution in [1.29, 1.82) is 0 Å². The molecule has 1 fully saturated rings. The molecule has 1 saturated heterocycles. The normalized spacial score (nSPS) is 15.9. The van der Waals surface area contributed by atoms with Gasteiger partial charge in [-0.05, 0) is 30.3 Å². The Morgan fingerprint density at radius 1 is 1.21 bits per heavy atom. The maximum Gasteiger partial charge on any atom is 0.227 e. The van der Waals surface area contributed by atoms with Gasteiger partial charge in [0.05, 0.1) is 18.7 Å². The summed E-state index contributed by atoms with van der Waals surface area (Å²) in [6.45, 7) is 0.504. The molecule has 0 aliphatic carbocycles. The molecule has 1 aliphatic heterocycles. The highest BCUT2D eigenvalue weighted by atomic mass is 35.5. The van der Waals surface area contributed by atoms with Crippen LogP contribution < -0.4 is 20.3 Å². The van der Waals surface area contributed by atoms with Crippen molar-refractivity contribution in [3.8, 4) is 5.75 Å². The largest absolute Gasteiger partial charge is 0.495 e. The summed E-state index contributed by atoms with van der Waals surface area (Å²) in [7, 11) is 1.50. The van der Waals surface area contributed by atoms with Gasteiger partial charge in [-0.2, -0.15) is 0 Å². The zero-order chi connectivity index (χ0) is 20.8. The molecule has 1 aliphatic rings. The van der Waals surface area contributed by atoms with Gasteiger partial charge < -0.3 is 20.3 Å². The molecule has 7 nitrogen and oxygen atoms in total. The Morgan fingerprint density at radius 2 is 1.97 bits per heavy atom. The number of ether oxygens (including phenoxy) is 1. The highest BCUT2D eigenvalue weighted by molar-refractivity contribution is 6.31. The molecule has 0 unspecified atom stereocenters. The predicted molar refractivity (Wildman–Crippen MR) is 111 cm³/mol. The second kappa shape index (κ2) is 9.43. The van der Waals surface area contributed by atoms with Crippen LogP contribution in [-0.4, -0.2) is 37.9 Å². The van der Waals surface area contributed by atoms with Crippen LogP contribution in [0.3, 0.4) is 0 Å². The second-order valence-corrected chi connectivity index (χ2v) is 7.11. The highest BCUT2D eigenvalue weighted by Crippen LogP contribution is 2.28. The number of amides is 3. The first-order chi connectivity index (χ1) is 14.0. The third-order valence-electron chi connectivity index (χ3n) is 4.65. The number of para-hydroxylation sites is 1. The van der Waals surface area contributed by atoms with Crippen molar-refractivity contribution in [1.82, 2.24) is 5.32 Å². The summed E-state index contributed by atoms with van der Waals surface area (Å²) in [5.74, 6) is -0.526. The van der Waals surface area contributed by atoms with Crippen molar-refractivity contribution < 1.29 is 19.1 Å². The molecular weight excluding hydrogens is 394 g/mol. The molecule has 2 aromatic rings. The minimum atomic E-state index is -0.432. The summed E-state index contributed by atoms with van der Waals surface area (Å²) in [5.41, 5.74) is 1.25. The lowest BCUT2D eigenvalue weighted by atomic mass is 10.1. The van der Waals surface area contributed by atoms with Crippen LogP contribution in [0.25, 0.3) is 0 Å². The van der Waals surface area contributed by atoms with Crippen LogP contribution in [-0.2, 0) is 14.4 Å². The van der Waals surface area contributed by atoms with Crippen molar-refractivity contribution in [2.24, 2.45) is 5.92 Å². The maximum atomic E-state index is 12.4. The van der Waals surface area contributed by atoms with E-state index in [0.29, 0.717) is 23.0 Å². The Hall–Kier alpha value is -3.06. The van der Waals surface area contributed by atoms with Crippen molar-refractivity contribution >= 4 is 40.7 Å². The minimum Gasteiger partial charge on any atom is -0.495 e. The molecular formula is C21H22ClN3O4. The number of anilines is 2. The molecule has 0 bridgehead atoms. The topological polar surface area (TPSA) is 87.7 Å². The van der Waals surface area contributed by atoms with E-state index in [9.17, 15) is 14.4 Å². The molecule has 152 valence electrons. The average molecular weight is 416 g/mol. The lowest BCUT2D eigenvalue weighted by molar-refractivity contribution is -0.126. The van der Waals surface area contributed by atoms with E-state index in [0.717, 1.165) is 5.69 Å². The van der Waals surface area contributed by atoms with Crippen LogP contribution in [0.15, 0.2) is 48.5 Å². The average Bonchev–Trinajstić information content (AvgIpc) is 3.10. The number of hydrogen-bond acceptors (Lipinski definition) is 4. The SMILES string of the molecule is COc1ccc(Cl)cc1NC(=O)CCNC(=O)[C@H]1CC(=O)N(c2ccccc2)C1. The van der Waals surface area contributed by atoms with E-state index < -0.39 is 5.92 Å². The smallest absolute Gasteiger partial charge is 0.227 e. The van der Waals surface area contributed by atoms with E-state index in [1.165, 1.54) is 7.11 Å². The molecule has 3 rings (SSSR count). The van der Waals surface area contributed by atoms with Crippen molar-refractivity contribution in [2.75, 3.05) is 30.4 Å². The Morgan fingerprint density at radius 3 is 2.69 bits per heavy atom. The molecule has 0 spiro atoms. The van der Waals surface area contributed by atoms with Crippen LogP contribution >= 0.6 is 11.6 Å².